The third kappa shape index (κ3) is 2.89. The smallest absolute Gasteiger partial charge is 0.330 e. The van der Waals surface area contributed by atoms with Crippen LogP contribution in [0.1, 0.15) is 6.42 Å². The molecule has 0 unspecified atom stereocenters. The van der Waals surface area contributed by atoms with Crippen LogP contribution >= 0.6 is 0 Å². The molecule has 0 saturated carbocycles. The van der Waals surface area contributed by atoms with Gasteiger partial charge in [-0.1, -0.05) is 0 Å². The molecule has 110 valence electrons. The Morgan fingerprint density at radius 1 is 1.40 bits per heavy atom. The number of aliphatic hydroxyl groups is 1. The molecule has 2 rings (SSSR count). The van der Waals surface area contributed by atoms with Gasteiger partial charge in [0.1, 0.15) is 0 Å². The molecule has 2 heterocycles. The molecular formula is C11H17N5O4. The van der Waals surface area contributed by atoms with E-state index >= 15 is 0 Å². The fraction of sp³-hybridized carbons (Fsp3) is 0.545. The van der Waals surface area contributed by atoms with Crippen molar-refractivity contribution in [3.8, 4) is 0 Å². The SMILES string of the molecule is COCCn1c(=O)[nH]c(=O)c2[nH]c(NCCCO)nc21. The topological polar surface area (TPSA) is 125 Å². The number of methoxy groups -OCH3 is 1. The molecule has 0 aliphatic carbocycles. The second-order valence-corrected chi connectivity index (χ2v) is 4.19. The average molecular weight is 283 g/mol. The summed E-state index contributed by atoms with van der Waals surface area (Å²) >= 11 is 0. The van der Waals surface area contributed by atoms with Crippen molar-refractivity contribution in [2.45, 2.75) is 13.0 Å². The molecule has 0 bridgehead atoms. The van der Waals surface area contributed by atoms with Gasteiger partial charge in [0.2, 0.25) is 5.95 Å². The van der Waals surface area contributed by atoms with Gasteiger partial charge in [-0.05, 0) is 6.42 Å². The minimum atomic E-state index is -0.520. The van der Waals surface area contributed by atoms with Crippen molar-refractivity contribution in [2.75, 3.05) is 32.2 Å². The van der Waals surface area contributed by atoms with Crippen molar-refractivity contribution in [1.29, 1.82) is 0 Å². The second kappa shape index (κ2) is 6.35. The lowest BCUT2D eigenvalue weighted by Gasteiger charge is -2.04. The molecule has 0 saturated heterocycles. The van der Waals surface area contributed by atoms with Crippen molar-refractivity contribution in [3.63, 3.8) is 0 Å². The summed E-state index contributed by atoms with van der Waals surface area (Å²) in [5.74, 6) is 0.385. The number of H-pyrrole nitrogens is 2. The molecule has 2 aromatic rings. The van der Waals surface area contributed by atoms with Gasteiger partial charge in [0, 0.05) is 20.3 Å². The third-order valence-corrected chi connectivity index (χ3v) is 2.78. The van der Waals surface area contributed by atoms with E-state index in [1.807, 2.05) is 0 Å². The Labute approximate surface area is 113 Å². The maximum atomic E-state index is 11.8. The Hall–Kier alpha value is -2.13. The average Bonchev–Trinajstić information content (AvgIpc) is 2.83. The van der Waals surface area contributed by atoms with Gasteiger partial charge < -0.3 is 20.1 Å². The molecule has 0 atom stereocenters. The van der Waals surface area contributed by atoms with Crippen molar-refractivity contribution < 1.29 is 9.84 Å². The van der Waals surface area contributed by atoms with Gasteiger partial charge in [-0.3, -0.25) is 14.3 Å². The summed E-state index contributed by atoms with van der Waals surface area (Å²) in [6, 6.07) is 0. The van der Waals surface area contributed by atoms with Gasteiger partial charge in [0.05, 0.1) is 13.2 Å². The summed E-state index contributed by atoms with van der Waals surface area (Å²) in [7, 11) is 1.53. The number of imidazole rings is 1. The number of rotatable bonds is 7. The minimum absolute atomic E-state index is 0.0619. The van der Waals surface area contributed by atoms with Crippen LogP contribution in [0.25, 0.3) is 11.2 Å². The van der Waals surface area contributed by atoms with E-state index in [4.69, 9.17) is 9.84 Å². The van der Waals surface area contributed by atoms with Crippen LogP contribution in [0.2, 0.25) is 0 Å². The number of hydrogen-bond acceptors (Lipinski definition) is 6. The van der Waals surface area contributed by atoms with E-state index in [1.54, 1.807) is 0 Å². The summed E-state index contributed by atoms with van der Waals surface area (Å²) in [5, 5.41) is 11.7. The summed E-state index contributed by atoms with van der Waals surface area (Å²) in [4.78, 5) is 32.7. The molecule has 9 heteroatoms. The predicted molar refractivity (Wildman–Crippen MR) is 73.0 cm³/mol. The highest BCUT2D eigenvalue weighted by molar-refractivity contribution is 5.72. The zero-order chi connectivity index (χ0) is 14.5. The first-order valence-corrected chi connectivity index (χ1v) is 6.24. The van der Waals surface area contributed by atoms with Gasteiger partial charge in [-0.25, -0.2) is 4.79 Å². The molecular weight excluding hydrogens is 266 g/mol. The molecule has 0 aliphatic rings. The number of aromatic nitrogens is 4. The van der Waals surface area contributed by atoms with Crippen molar-refractivity contribution >= 4 is 17.1 Å². The summed E-state index contributed by atoms with van der Waals surface area (Å²) in [6.07, 6.45) is 0.559. The fourth-order valence-electron chi connectivity index (χ4n) is 1.80. The summed E-state index contributed by atoms with van der Waals surface area (Å²) in [5.41, 5.74) is -0.524. The van der Waals surface area contributed by atoms with E-state index in [1.165, 1.54) is 11.7 Å². The van der Waals surface area contributed by atoms with Crippen molar-refractivity contribution in [2.24, 2.45) is 0 Å². The molecule has 9 nitrogen and oxygen atoms in total. The number of fused-ring (bicyclic) bond motifs is 1. The third-order valence-electron chi connectivity index (χ3n) is 2.78. The maximum absolute atomic E-state index is 11.8. The van der Waals surface area contributed by atoms with Gasteiger partial charge in [0.25, 0.3) is 5.56 Å². The number of aromatic amines is 2. The largest absolute Gasteiger partial charge is 0.396 e. The van der Waals surface area contributed by atoms with Crippen molar-refractivity contribution in [1.82, 2.24) is 19.5 Å². The predicted octanol–water partition coefficient (Wildman–Crippen LogP) is -1.15. The number of nitrogens with zero attached hydrogens (tertiary/aromatic N) is 2. The number of aliphatic hydroxyl groups excluding tert-OH is 1. The number of nitrogens with one attached hydrogen (secondary N) is 3. The van der Waals surface area contributed by atoms with Gasteiger partial charge >= 0.3 is 5.69 Å². The first-order valence-electron chi connectivity index (χ1n) is 6.24. The lowest BCUT2D eigenvalue weighted by Crippen LogP contribution is -2.31. The first-order chi connectivity index (χ1) is 9.67. The zero-order valence-electron chi connectivity index (χ0n) is 11.1. The quantitative estimate of drug-likeness (QED) is 0.476. The standard InChI is InChI=1S/C11H17N5O4/c1-20-6-4-16-8-7(9(18)15-11(16)19)13-10(14-8)12-3-2-5-17/h17H,2-6H2,1H3,(H2,12,13,14)(H,15,18,19). The van der Waals surface area contributed by atoms with Crippen LogP contribution in [0, 0.1) is 0 Å². The lowest BCUT2D eigenvalue weighted by molar-refractivity contribution is 0.187. The van der Waals surface area contributed by atoms with Crippen LogP contribution in [0.3, 0.4) is 0 Å². The van der Waals surface area contributed by atoms with E-state index in [9.17, 15) is 9.59 Å². The van der Waals surface area contributed by atoms with Gasteiger partial charge in [0.15, 0.2) is 11.2 Å². The Kier molecular flexibility index (Phi) is 4.53. The lowest BCUT2D eigenvalue weighted by atomic mass is 10.4. The molecule has 0 fully saturated rings. The van der Waals surface area contributed by atoms with E-state index in [-0.39, 0.29) is 17.8 Å². The molecule has 0 aliphatic heterocycles. The van der Waals surface area contributed by atoms with E-state index in [2.05, 4.69) is 20.3 Å². The van der Waals surface area contributed by atoms with Crippen molar-refractivity contribution in [3.05, 3.63) is 20.8 Å². The highest BCUT2D eigenvalue weighted by Crippen LogP contribution is 2.08. The summed E-state index contributed by atoms with van der Waals surface area (Å²) < 4.78 is 6.27. The molecule has 0 aromatic carbocycles. The van der Waals surface area contributed by atoms with E-state index in [0.717, 1.165) is 0 Å². The number of hydrogen-bond donors (Lipinski definition) is 4. The molecule has 20 heavy (non-hydrogen) atoms. The second-order valence-electron chi connectivity index (χ2n) is 4.19. The zero-order valence-corrected chi connectivity index (χ0v) is 11.1. The van der Waals surface area contributed by atoms with Crippen LogP contribution in [0.5, 0.6) is 0 Å². The summed E-state index contributed by atoms with van der Waals surface area (Å²) in [6.45, 7) is 1.20. The Morgan fingerprint density at radius 2 is 2.20 bits per heavy atom. The van der Waals surface area contributed by atoms with Crippen LogP contribution in [0.4, 0.5) is 5.95 Å². The Bertz CT molecular complexity index is 686. The first kappa shape index (κ1) is 14.3. The van der Waals surface area contributed by atoms with Gasteiger partial charge in [-0.2, -0.15) is 4.98 Å². The molecule has 0 spiro atoms. The molecule has 2 aromatic heterocycles. The van der Waals surface area contributed by atoms with Crippen LogP contribution < -0.4 is 16.6 Å². The van der Waals surface area contributed by atoms with Gasteiger partial charge in [-0.15, -0.1) is 0 Å². The fourth-order valence-corrected chi connectivity index (χ4v) is 1.80. The van der Waals surface area contributed by atoms with E-state index in [0.29, 0.717) is 32.1 Å². The molecule has 0 amide bonds. The Morgan fingerprint density at radius 3 is 2.90 bits per heavy atom. The maximum Gasteiger partial charge on any atom is 0.330 e. The van der Waals surface area contributed by atoms with Crippen LogP contribution in [-0.2, 0) is 11.3 Å². The van der Waals surface area contributed by atoms with Crippen LogP contribution in [-0.4, -0.2) is 51.5 Å². The minimum Gasteiger partial charge on any atom is -0.396 e. The monoisotopic (exact) mass is 283 g/mol. The number of ether oxygens (including phenoxy) is 1. The van der Waals surface area contributed by atoms with Crippen LogP contribution in [0.15, 0.2) is 9.59 Å². The normalized spacial score (nSPS) is 11.1. The highest BCUT2D eigenvalue weighted by Gasteiger charge is 2.12. The molecule has 4 N–H and O–H groups in total. The van der Waals surface area contributed by atoms with E-state index < -0.39 is 11.2 Å². The number of anilines is 1. The molecule has 0 radical (unpaired) electrons. The Balaban J connectivity index is 2.40. The highest BCUT2D eigenvalue weighted by atomic mass is 16.5.